The molecule has 1 aliphatic rings. The number of piperidine rings is 1. The van der Waals surface area contributed by atoms with Crippen LogP contribution >= 0.6 is 11.3 Å². The van der Waals surface area contributed by atoms with Crippen molar-refractivity contribution < 1.29 is 9.90 Å². The third-order valence-corrected chi connectivity index (χ3v) is 6.46. The van der Waals surface area contributed by atoms with Gasteiger partial charge in [-0.05, 0) is 18.1 Å². The van der Waals surface area contributed by atoms with Crippen molar-refractivity contribution in [1.82, 2.24) is 19.8 Å². The second-order valence-electron chi connectivity index (χ2n) is 7.85. The molecular weight excluding hydrogens is 412 g/mol. The van der Waals surface area contributed by atoms with Crippen LogP contribution < -0.4 is 10.9 Å². The van der Waals surface area contributed by atoms with Crippen LogP contribution in [0.25, 0.3) is 0 Å². The third kappa shape index (κ3) is 4.92. The molecule has 2 aromatic heterocycles. The largest absolute Gasteiger partial charge is 0.389 e. The first-order chi connectivity index (χ1) is 15.1. The molecule has 2 atom stereocenters. The fourth-order valence-corrected chi connectivity index (χ4v) is 4.70. The van der Waals surface area contributed by atoms with Crippen molar-refractivity contribution >= 4 is 17.2 Å². The Bertz CT molecular complexity index is 1050. The standard InChI is InChI=1S/C23H26N4O3S/c28-20-15-26(14-19-16-31-17-24-19)13-10-23(20,18-6-2-1-3-7-18)25-21(29)9-12-27-11-5-4-8-22(27)30/h1-8,11,16-17,20,28H,9-10,12-15H2,(H,25,29)/t20-,23+/m1/s1. The number of nitrogens with one attached hydrogen (secondary N) is 1. The van der Waals surface area contributed by atoms with E-state index in [4.69, 9.17) is 0 Å². The van der Waals surface area contributed by atoms with E-state index in [-0.39, 0.29) is 17.9 Å². The molecule has 0 saturated carbocycles. The Morgan fingerprint density at radius 3 is 2.74 bits per heavy atom. The van der Waals surface area contributed by atoms with Gasteiger partial charge in [0.2, 0.25) is 5.91 Å². The average molecular weight is 439 g/mol. The molecule has 8 heteroatoms. The summed E-state index contributed by atoms with van der Waals surface area (Å²) in [6, 6.07) is 14.6. The van der Waals surface area contributed by atoms with E-state index in [2.05, 4.69) is 15.2 Å². The lowest BCUT2D eigenvalue weighted by atomic mass is 9.78. The third-order valence-electron chi connectivity index (χ3n) is 5.82. The quantitative estimate of drug-likeness (QED) is 0.589. The normalized spacial score (nSPS) is 21.6. The number of aromatic nitrogens is 2. The molecule has 2 N–H and O–H groups in total. The van der Waals surface area contributed by atoms with E-state index >= 15 is 0 Å². The fraction of sp³-hybridized carbons (Fsp3) is 0.348. The maximum atomic E-state index is 12.9. The summed E-state index contributed by atoms with van der Waals surface area (Å²) in [5.41, 5.74) is 2.69. The van der Waals surface area contributed by atoms with E-state index in [0.717, 1.165) is 17.8 Å². The zero-order valence-corrected chi connectivity index (χ0v) is 18.0. The minimum absolute atomic E-state index is 0.136. The van der Waals surface area contributed by atoms with Crippen molar-refractivity contribution in [2.45, 2.75) is 37.6 Å². The van der Waals surface area contributed by atoms with Crippen molar-refractivity contribution in [3.05, 3.63) is 87.2 Å². The smallest absolute Gasteiger partial charge is 0.250 e. The number of aryl methyl sites for hydroxylation is 1. The van der Waals surface area contributed by atoms with Crippen LogP contribution in [0.2, 0.25) is 0 Å². The Kier molecular flexibility index (Phi) is 6.60. The molecule has 0 radical (unpaired) electrons. The highest BCUT2D eigenvalue weighted by Gasteiger charge is 2.44. The van der Waals surface area contributed by atoms with Gasteiger partial charge < -0.3 is 15.0 Å². The van der Waals surface area contributed by atoms with Crippen molar-refractivity contribution in [1.29, 1.82) is 0 Å². The number of likely N-dealkylation sites (tertiary alicyclic amines) is 1. The number of rotatable bonds is 7. The van der Waals surface area contributed by atoms with Crippen LogP contribution in [0, 0.1) is 0 Å². The SMILES string of the molecule is O=C(CCn1ccccc1=O)N[C@]1(c2ccccc2)CCN(Cc2cscn2)C[C@H]1O. The molecule has 1 saturated heterocycles. The lowest BCUT2D eigenvalue weighted by Crippen LogP contribution is -2.61. The summed E-state index contributed by atoms with van der Waals surface area (Å²) in [5.74, 6) is -0.188. The number of carbonyl (C=O) groups excluding carboxylic acids is 1. The Balaban J connectivity index is 1.49. The molecule has 1 aromatic carbocycles. The summed E-state index contributed by atoms with van der Waals surface area (Å²) in [6.07, 6.45) is 1.65. The molecule has 4 rings (SSSR count). The zero-order valence-electron chi connectivity index (χ0n) is 17.2. The van der Waals surface area contributed by atoms with E-state index in [9.17, 15) is 14.7 Å². The molecule has 3 heterocycles. The fourth-order valence-electron chi connectivity index (χ4n) is 4.15. The van der Waals surface area contributed by atoms with Crippen molar-refractivity contribution in [3.63, 3.8) is 0 Å². The predicted octanol–water partition coefficient (Wildman–Crippen LogP) is 1.97. The Labute approximate surface area is 185 Å². The molecule has 7 nitrogen and oxygen atoms in total. The first-order valence-electron chi connectivity index (χ1n) is 10.4. The number of hydrogen-bond acceptors (Lipinski definition) is 6. The molecular formula is C23H26N4O3S. The number of thiazole rings is 1. The highest BCUT2D eigenvalue weighted by Crippen LogP contribution is 2.34. The summed E-state index contributed by atoms with van der Waals surface area (Å²) in [4.78, 5) is 31.3. The summed E-state index contributed by atoms with van der Waals surface area (Å²) in [7, 11) is 0. The van der Waals surface area contributed by atoms with Gasteiger partial charge >= 0.3 is 0 Å². The van der Waals surface area contributed by atoms with Gasteiger partial charge in [-0.25, -0.2) is 4.98 Å². The maximum Gasteiger partial charge on any atom is 0.250 e. The van der Waals surface area contributed by atoms with Gasteiger partial charge in [0.1, 0.15) is 0 Å². The van der Waals surface area contributed by atoms with Crippen molar-refractivity contribution in [2.24, 2.45) is 0 Å². The summed E-state index contributed by atoms with van der Waals surface area (Å²) in [5, 5.41) is 16.4. The van der Waals surface area contributed by atoms with Crippen LogP contribution in [-0.2, 0) is 23.4 Å². The Hall–Kier alpha value is -2.81. The van der Waals surface area contributed by atoms with Crippen LogP contribution in [0.4, 0.5) is 0 Å². The number of hydrogen-bond donors (Lipinski definition) is 2. The van der Waals surface area contributed by atoms with Gasteiger partial charge in [-0.2, -0.15) is 0 Å². The number of aliphatic hydroxyl groups excluding tert-OH is 1. The van der Waals surface area contributed by atoms with Crippen LogP contribution in [0.15, 0.2) is 70.4 Å². The van der Waals surface area contributed by atoms with Gasteiger partial charge in [-0.15, -0.1) is 11.3 Å². The van der Waals surface area contributed by atoms with E-state index in [1.54, 1.807) is 29.7 Å². The molecule has 1 fully saturated rings. The first kappa shape index (κ1) is 21.4. The van der Waals surface area contributed by atoms with E-state index in [1.165, 1.54) is 10.6 Å². The second kappa shape index (κ2) is 9.55. The summed E-state index contributed by atoms with van der Waals surface area (Å²) in [6.45, 7) is 2.13. The van der Waals surface area contributed by atoms with Crippen LogP contribution in [-0.4, -0.2) is 44.7 Å². The molecule has 1 aliphatic heterocycles. The number of benzene rings is 1. The van der Waals surface area contributed by atoms with E-state index in [1.807, 2.05) is 41.2 Å². The van der Waals surface area contributed by atoms with E-state index < -0.39 is 11.6 Å². The van der Waals surface area contributed by atoms with Gasteiger partial charge in [0.15, 0.2) is 0 Å². The first-order valence-corrected chi connectivity index (χ1v) is 11.3. The zero-order chi connectivity index (χ0) is 21.7. The number of β-amino-alcohol motifs (C(OH)–C–C–N with tert-alkyl or cyclic N) is 1. The van der Waals surface area contributed by atoms with Gasteiger partial charge in [0, 0.05) is 50.2 Å². The molecule has 162 valence electrons. The molecule has 0 bridgehead atoms. The van der Waals surface area contributed by atoms with Crippen molar-refractivity contribution in [3.8, 4) is 0 Å². The van der Waals surface area contributed by atoms with Crippen LogP contribution in [0.5, 0.6) is 0 Å². The number of aliphatic hydroxyl groups is 1. The second-order valence-corrected chi connectivity index (χ2v) is 8.57. The molecule has 1 amide bonds. The highest BCUT2D eigenvalue weighted by atomic mass is 32.1. The minimum Gasteiger partial charge on any atom is -0.389 e. The number of pyridine rings is 1. The van der Waals surface area contributed by atoms with Crippen LogP contribution in [0.1, 0.15) is 24.1 Å². The average Bonchev–Trinajstić information content (AvgIpc) is 3.29. The highest BCUT2D eigenvalue weighted by molar-refractivity contribution is 7.07. The molecule has 0 unspecified atom stereocenters. The van der Waals surface area contributed by atoms with Gasteiger partial charge in [-0.1, -0.05) is 36.4 Å². The van der Waals surface area contributed by atoms with Gasteiger partial charge in [0.25, 0.3) is 5.56 Å². The maximum absolute atomic E-state index is 12.9. The van der Waals surface area contributed by atoms with Crippen molar-refractivity contribution in [2.75, 3.05) is 13.1 Å². The Morgan fingerprint density at radius 2 is 2.03 bits per heavy atom. The summed E-state index contributed by atoms with van der Waals surface area (Å²) < 4.78 is 1.52. The number of carbonyl (C=O) groups is 1. The molecule has 3 aromatic rings. The predicted molar refractivity (Wildman–Crippen MR) is 120 cm³/mol. The summed E-state index contributed by atoms with van der Waals surface area (Å²) >= 11 is 1.56. The minimum atomic E-state index is -0.863. The van der Waals surface area contributed by atoms with Crippen LogP contribution in [0.3, 0.4) is 0 Å². The number of amides is 1. The lowest BCUT2D eigenvalue weighted by molar-refractivity contribution is -0.127. The topological polar surface area (TPSA) is 87.5 Å². The lowest BCUT2D eigenvalue weighted by Gasteiger charge is -2.46. The molecule has 0 aliphatic carbocycles. The van der Waals surface area contributed by atoms with E-state index in [0.29, 0.717) is 26.1 Å². The number of nitrogens with zero attached hydrogens (tertiary/aromatic N) is 3. The monoisotopic (exact) mass is 438 g/mol. The Morgan fingerprint density at radius 1 is 1.23 bits per heavy atom. The molecule has 31 heavy (non-hydrogen) atoms. The molecule has 0 spiro atoms. The van der Waals surface area contributed by atoms with Gasteiger partial charge in [0.05, 0.1) is 22.8 Å². The van der Waals surface area contributed by atoms with Gasteiger partial charge in [-0.3, -0.25) is 14.5 Å².